The highest BCUT2D eigenvalue weighted by Crippen LogP contribution is 2.23. The van der Waals surface area contributed by atoms with E-state index in [4.69, 9.17) is 0 Å². The van der Waals surface area contributed by atoms with Gasteiger partial charge in [0.2, 0.25) is 5.91 Å². The van der Waals surface area contributed by atoms with E-state index >= 15 is 0 Å². The van der Waals surface area contributed by atoms with Crippen LogP contribution in [0.15, 0.2) is 6.08 Å². The molecule has 2 atom stereocenters. The maximum Gasteiger partial charge on any atom is 0.244 e. The highest BCUT2D eigenvalue weighted by molar-refractivity contribution is 5.92. The van der Waals surface area contributed by atoms with Crippen LogP contribution in [0.3, 0.4) is 0 Å². The van der Waals surface area contributed by atoms with E-state index in [0.29, 0.717) is 6.54 Å². The van der Waals surface area contributed by atoms with Gasteiger partial charge in [-0.15, -0.1) is 0 Å². The molecule has 1 aromatic heterocycles. The summed E-state index contributed by atoms with van der Waals surface area (Å²) >= 11 is 0. The van der Waals surface area contributed by atoms with Crippen molar-refractivity contribution in [2.24, 2.45) is 13.0 Å². The molecule has 1 aliphatic carbocycles. The number of aryl methyl sites for hydroxylation is 2. The van der Waals surface area contributed by atoms with E-state index in [2.05, 4.69) is 10.4 Å². The molecule has 2 unspecified atom stereocenters. The fourth-order valence-corrected chi connectivity index (χ4v) is 2.91. The Bertz CT molecular complexity index is 534. The number of aromatic nitrogens is 2. The van der Waals surface area contributed by atoms with Crippen molar-refractivity contribution in [3.63, 3.8) is 0 Å². The Morgan fingerprint density at radius 3 is 2.76 bits per heavy atom. The van der Waals surface area contributed by atoms with E-state index < -0.39 is 0 Å². The van der Waals surface area contributed by atoms with Gasteiger partial charge in [-0.05, 0) is 32.8 Å². The largest absolute Gasteiger partial charge is 0.393 e. The number of hydrogen-bond donors (Lipinski definition) is 2. The second-order valence-corrected chi connectivity index (χ2v) is 5.90. The molecule has 1 amide bonds. The average molecular weight is 291 g/mol. The second-order valence-electron chi connectivity index (χ2n) is 5.90. The molecule has 2 rings (SSSR count). The quantitative estimate of drug-likeness (QED) is 0.830. The predicted octanol–water partition coefficient (Wildman–Crippen LogP) is 1.72. The zero-order valence-corrected chi connectivity index (χ0v) is 13.1. The van der Waals surface area contributed by atoms with Gasteiger partial charge in [0.15, 0.2) is 0 Å². The Morgan fingerprint density at radius 1 is 1.43 bits per heavy atom. The maximum atomic E-state index is 11.9. The van der Waals surface area contributed by atoms with Gasteiger partial charge in [-0.1, -0.05) is 12.8 Å². The summed E-state index contributed by atoms with van der Waals surface area (Å²) in [5, 5.41) is 17.1. The van der Waals surface area contributed by atoms with Gasteiger partial charge >= 0.3 is 0 Å². The van der Waals surface area contributed by atoms with Gasteiger partial charge < -0.3 is 10.4 Å². The number of aliphatic hydroxyl groups excluding tert-OH is 1. The van der Waals surface area contributed by atoms with Crippen LogP contribution >= 0.6 is 0 Å². The van der Waals surface area contributed by atoms with Crippen LogP contribution in [-0.4, -0.2) is 33.4 Å². The molecule has 1 aliphatic rings. The lowest BCUT2D eigenvalue weighted by molar-refractivity contribution is -0.116. The molecule has 21 heavy (non-hydrogen) atoms. The smallest absolute Gasteiger partial charge is 0.244 e. The fraction of sp³-hybridized carbons (Fsp3) is 0.625. The first kappa shape index (κ1) is 15.8. The molecule has 1 heterocycles. The SMILES string of the molecule is Cc1nn(C)c(C)c1C=CC(=O)NCC1CCCCC1O. The summed E-state index contributed by atoms with van der Waals surface area (Å²) < 4.78 is 1.81. The minimum atomic E-state index is -0.272. The van der Waals surface area contributed by atoms with Crippen LogP contribution in [0.4, 0.5) is 0 Å². The number of hydrogen-bond acceptors (Lipinski definition) is 3. The normalized spacial score (nSPS) is 22.7. The van der Waals surface area contributed by atoms with Gasteiger partial charge in [0, 0.05) is 36.8 Å². The minimum absolute atomic E-state index is 0.115. The van der Waals surface area contributed by atoms with Crippen molar-refractivity contribution in [2.75, 3.05) is 6.54 Å². The topological polar surface area (TPSA) is 67.2 Å². The van der Waals surface area contributed by atoms with Gasteiger partial charge in [-0.3, -0.25) is 9.48 Å². The monoisotopic (exact) mass is 291 g/mol. The van der Waals surface area contributed by atoms with Crippen molar-refractivity contribution < 1.29 is 9.90 Å². The van der Waals surface area contributed by atoms with E-state index in [-0.39, 0.29) is 17.9 Å². The Balaban J connectivity index is 1.88. The van der Waals surface area contributed by atoms with Crippen LogP contribution in [0.5, 0.6) is 0 Å². The van der Waals surface area contributed by atoms with Crippen LogP contribution in [-0.2, 0) is 11.8 Å². The van der Waals surface area contributed by atoms with E-state index in [1.807, 2.05) is 31.7 Å². The summed E-state index contributed by atoms with van der Waals surface area (Å²) in [6.45, 7) is 4.47. The lowest BCUT2D eigenvalue weighted by Gasteiger charge is -2.27. The van der Waals surface area contributed by atoms with Crippen molar-refractivity contribution in [3.05, 3.63) is 23.0 Å². The molecule has 1 aromatic rings. The zero-order valence-electron chi connectivity index (χ0n) is 13.1. The lowest BCUT2D eigenvalue weighted by atomic mass is 9.86. The third-order valence-electron chi connectivity index (χ3n) is 4.37. The number of carbonyl (C=O) groups excluding carboxylic acids is 1. The fourth-order valence-electron chi connectivity index (χ4n) is 2.91. The number of amides is 1. The molecule has 1 saturated carbocycles. The van der Waals surface area contributed by atoms with E-state index in [0.717, 1.165) is 42.6 Å². The molecule has 0 bridgehead atoms. The van der Waals surface area contributed by atoms with Crippen molar-refractivity contribution in [2.45, 2.75) is 45.6 Å². The van der Waals surface area contributed by atoms with Gasteiger partial charge in [-0.2, -0.15) is 5.10 Å². The van der Waals surface area contributed by atoms with Crippen LogP contribution in [0.2, 0.25) is 0 Å². The molecule has 2 N–H and O–H groups in total. The molecule has 0 aromatic carbocycles. The van der Waals surface area contributed by atoms with Gasteiger partial charge in [0.25, 0.3) is 0 Å². The number of nitrogens with one attached hydrogen (secondary N) is 1. The second kappa shape index (κ2) is 6.89. The van der Waals surface area contributed by atoms with E-state index in [1.165, 1.54) is 0 Å². The zero-order chi connectivity index (χ0) is 15.4. The molecular formula is C16H25N3O2. The van der Waals surface area contributed by atoms with Gasteiger partial charge in [0.05, 0.1) is 11.8 Å². The predicted molar refractivity (Wildman–Crippen MR) is 82.7 cm³/mol. The Morgan fingerprint density at radius 2 is 2.14 bits per heavy atom. The van der Waals surface area contributed by atoms with Crippen molar-refractivity contribution in [3.8, 4) is 0 Å². The standard InChI is InChI=1S/C16H25N3O2/c1-11-14(12(2)19(3)18-11)8-9-16(21)17-10-13-6-4-5-7-15(13)20/h8-9,13,15,20H,4-7,10H2,1-3H3,(H,17,21). The van der Waals surface area contributed by atoms with Crippen LogP contribution in [0, 0.1) is 19.8 Å². The summed E-state index contributed by atoms with van der Waals surface area (Å²) in [6, 6.07) is 0. The van der Waals surface area contributed by atoms with E-state index in [1.54, 1.807) is 6.08 Å². The molecule has 5 nitrogen and oxygen atoms in total. The van der Waals surface area contributed by atoms with Gasteiger partial charge in [-0.25, -0.2) is 0 Å². The molecule has 1 fully saturated rings. The van der Waals surface area contributed by atoms with Crippen molar-refractivity contribution in [1.82, 2.24) is 15.1 Å². The molecule has 0 spiro atoms. The Labute approximate surface area is 126 Å². The summed E-state index contributed by atoms with van der Waals surface area (Å²) in [5.74, 6) is 0.0772. The Hall–Kier alpha value is -1.62. The number of rotatable bonds is 4. The first-order valence-corrected chi connectivity index (χ1v) is 7.63. The highest BCUT2D eigenvalue weighted by Gasteiger charge is 2.22. The molecule has 0 aliphatic heterocycles. The van der Waals surface area contributed by atoms with Crippen LogP contribution < -0.4 is 5.32 Å². The summed E-state index contributed by atoms with van der Waals surface area (Å²) in [7, 11) is 1.89. The average Bonchev–Trinajstić information content (AvgIpc) is 2.69. The first-order chi connectivity index (χ1) is 9.99. The highest BCUT2D eigenvalue weighted by atomic mass is 16.3. The van der Waals surface area contributed by atoms with Gasteiger partial charge in [0.1, 0.15) is 0 Å². The maximum absolute atomic E-state index is 11.9. The Kier molecular flexibility index (Phi) is 5.17. The van der Waals surface area contributed by atoms with Crippen molar-refractivity contribution >= 4 is 12.0 Å². The minimum Gasteiger partial charge on any atom is -0.393 e. The summed E-state index contributed by atoms with van der Waals surface area (Å²) in [5.41, 5.74) is 2.95. The molecule has 0 radical (unpaired) electrons. The van der Waals surface area contributed by atoms with E-state index in [9.17, 15) is 9.90 Å². The molecule has 116 valence electrons. The molecular weight excluding hydrogens is 266 g/mol. The third-order valence-corrected chi connectivity index (χ3v) is 4.37. The van der Waals surface area contributed by atoms with Crippen LogP contribution in [0.25, 0.3) is 6.08 Å². The third kappa shape index (κ3) is 3.94. The van der Waals surface area contributed by atoms with Crippen molar-refractivity contribution in [1.29, 1.82) is 0 Å². The molecule has 5 heteroatoms. The number of nitrogens with zero attached hydrogens (tertiary/aromatic N) is 2. The van der Waals surface area contributed by atoms with Crippen LogP contribution in [0.1, 0.15) is 42.6 Å². The molecule has 0 saturated heterocycles. The number of carbonyl (C=O) groups is 1. The number of aliphatic hydroxyl groups is 1. The lowest BCUT2D eigenvalue weighted by Crippen LogP contribution is -2.36. The summed E-state index contributed by atoms with van der Waals surface area (Å²) in [6.07, 6.45) is 7.16. The summed E-state index contributed by atoms with van der Waals surface area (Å²) in [4.78, 5) is 11.9. The first-order valence-electron chi connectivity index (χ1n) is 7.63.